The zero-order valence-corrected chi connectivity index (χ0v) is 15.2. The topological polar surface area (TPSA) is 59.3 Å². The Hall–Kier alpha value is -2.99. The van der Waals surface area contributed by atoms with E-state index in [2.05, 4.69) is 44.9 Å². The van der Waals surface area contributed by atoms with Gasteiger partial charge in [-0.15, -0.1) is 11.3 Å². The number of thiazole rings is 1. The van der Waals surface area contributed by atoms with Crippen LogP contribution in [0.5, 0.6) is 0 Å². The van der Waals surface area contributed by atoms with Crippen LogP contribution >= 0.6 is 11.3 Å². The van der Waals surface area contributed by atoms with E-state index >= 15 is 0 Å². The fourth-order valence-corrected chi connectivity index (χ4v) is 3.44. The number of aryl methyl sites for hydroxylation is 1. The minimum absolute atomic E-state index is 0.0824. The lowest BCUT2D eigenvalue weighted by Crippen LogP contribution is -2.16. The van der Waals surface area contributed by atoms with Gasteiger partial charge >= 0.3 is 0 Å². The minimum Gasteiger partial charge on any atom is -0.370 e. The fourth-order valence-electron chi connectivity index (χ4n) is 2.82. The van der Waals surface area contributed by atoms with Crippen molar-refractivity contribution < 1.29 is 0 Å². The van der Waals surface area contributed by atoms with Crippen molar-refractivity contribution in [1.29, 1.82) is 0 Å². The van der Waals surface area contributed by atoms with Crippen LogP contribution in [0.4, 0.5) is 5.82 Å². The van der Waals surface area contributed by atoms with Crippen molar-refractivity contribution in [2.75, 3.05) is 11.9 Å². The molecule has 0 bridgehead atoms. The maximum absolute atomic E-state index is 12.1. The third kappa shape index (κ3) is 3.50. The third-order valence-electron chi connectivity index (χ3n) is 4.16. The van der Waals surface area contributed by atoms with Crippen LogP contribution in [0.3, 0.4) is 0 Å². The zero-order valence-electron chi connectivity index (χ0n) is 14.3. The molecule has 0 unspecified atom stereocenters. The van der Waals surface area contributed by atoms with Crippen LogP contribution in [0.2, 0.25) is 0 Å². The number of rotatable bonds is 5. The standard InChI is InChI=1S/C20H18N4OS/c1-14-22-17(13-26-14)16-7-5-15(6-8-16)9-10-21-18-12-20(25)24-11-3-2-4-19(24)23-18/h2-8,11-13,21H,9-10H2,1H3. The molecule has 0 spiro atoms. The average Bonchev–Trinajstić information content (AvgIpc) is 3.09. The molecule has 130 valence electrons. The normalized spacial score (nSPS) is 11.0. The molecule has 0 fully saturated rings. The average molecular weight is 362 g/mol. The number of fused-ring (bicyclic) bond motifs is 1. The highest BCUT2D eigenvalue weighted by atomic mass is 32.1. The van der Waals surface area contributed by atoms with Crippen molar-refractivity contribution >= 4 is 22.8 Å². The second kappa shape index (κ2) is 7.09. The SMILES string of the molecule is Cc1nc(-c2ccc(CCNc3cc(=O)n4ccccc4n3)cc2)cs1. The Morgan fingerprint density at radius 1 is 1.12 bits per heavy atom. The summed E-state index contributed by atoms with van der Waals surface area (Å²) in [7, 11) is 0. The van der Waals surface area contributed by atoms with E-state index in [4.69, 9.17) is 0 Å². The fraction of sp³-hybridized carbons (Fsp3) is 0.150. The lowest BCUT2D eigenvalue weighted by atomic mass is 10.1. The van der Waals surface area contributed by atoms with Crippen molar-refractivity contribution in [2.45, 2.75) is 13.3 Å². The van der Waals surface area contributed by atoms with E-state index in [0.717, 1.165) is 22.7 Å². The lowest BCUT2D eigenvalue weighted by molar-refractivity contribution is 0.987. The predicted octanol–water partition coefficient (Wildman–Crippen LogP) is 3.78. The largest absolute Gasteiger partial charge is 0.370 e. The molecule has 0 amide bonds. The minimum atomic E-state index is -0.0824. The van der Waals surface area contributed by atoms with Gasteiger partial charge in [-0.1, -0.05) is 30.3 Å². The molecule has 0 atom stereocenters. The van der Waals surface area contributed by atoms with Crippen LogP contribution in [-0.4, -0.2) is 20.9 Å². The van der Waals surface area contributed by atoms with Crippen LogP contribution < -0.4 is 10.9 Å². The van der Waals surface area contributed by atoms with Crippen LogP contribution in [0.25, 0.3) is 16.9 Å². The molecule has 5 nitrogen and oxygen atoms in total. The van der Waals surface area contributed by atoms with Crippen molar-refractivity contribution in [3.05, 3.63) is 81.0 Å². The Balaban J connectivity index is 1.41. The van der Waals surface area contributed by atoms with Crippen LogP contribution in [-0.2, 0) is 6.42 Å². The summed E-state index contributed by atoms with van der Waals surface area (Å²) in [6.07, 6.45) is 2.58. The lowest BCUT2D eigenvalue weighted by Gasteiger charge is -2.07. The quantitative estimate of drug-likeness (QED) is 0.587. The second-order valence-electron chi connectivity index (χ2n) is 6.03. The molecular formula is C20H18N4OS. The summed E-state index contributed by atoms with van der Waals surface area (Å²) < 4.78 is 1.53. The number of anilines is 1. The van der Waals surface area contributed by atoms with Crippen LogP contribution in [0.1, 0.15) is 10.6 Å². The van der Waals surface area contributed by atoms with Crippen LogP contribution in [0.15, 0.2) is 64.9 Å². The molecule has 1 N–H and O–H groups in total. The van der Waals surface area contributed by atoms with Gasteiger partial charge in [0.2, 0.25) is 0 Å². The summed E-state index contributed by atoms with van der Waals surface area (Å²) in [5, 5.41) is 6.40. The van der Waals surface area contributed by atoms with Crippen molar-refractivity contribution in [3.8, 4) is 11.3 Å². The van der Waals surface area contributed by atoms with E-state index in [-0.39, 0.29) is 5.56 Å². The van der Waals surface area contributed by atoms with Gasteiger partial charge in [-0.25, -0.2) is 9.97 Å². The number of benzene rings is 1. The predicted molar refractivity (Wildman–Crippen MR) is 106 cm³/mol. The molecule has 3 aromatic heterocycles. The van der Waals surface area contributed by atoms with E-state index in [1.54, 1.807) is 17.5 Å². The Morgan fingerprint density at radius 2 is 1.96 bits per heavy atom. The highest BCUT2D eigenvalue weighted by Crippen LogP contribution is 2.21. The highest BCUT2D eigenvalue weighted by Gasteiger charge is 2.03. The molecule has 0 aliphatic carbocycles. The van der Waals surface area contributed by atoms with Crippen molar-refractivity contribution in [3.63, 3.8) is 0 Å². The van der Waals surface area contributed by atoms with Crippen molar-refractivity contribution in [1.82, 2.24) is 14.4 Å². The third-order valence-corrected chi connectivity index (χ3v) is 4.93. The second-order valence-corrected chi connectivity index (χ2v) is 7.10. The molecule has 26 heavy (non-hydrogen) atoms. The molecule has 0 saturated heterocycles. The number of nitrogens with zero attached hydrogens (tertiary/aromatic N) is 3. The smallest absolute Gasteiger partial charge is 0.259 e. The van der Waals surface area contributed by atoms with Gasteiger partial charge in [-0.05, 0) is 31.0 Å². The Labute approximate surface area is 155 Å². The van der Waals surface area contributed by atoms with E-state index in [1.165, 1.54) is 16.0 Å². The van der Waals surface area contributed by atoms with Gasteiger partial charge in [-0.2, -0.15) is 0 Å². The molecule has 0 saturated carbocycles. The molecule has 3 heterocycles. The van der Waals surface area contributed by atoms with E-state index < -0.39 is 0 Å². The number of pyridine rings is 1. The number of aromatic nitrogens is 3. The maximum atomic E-state index is 12.1. The van der Waals surface area contributed by atoms with Crippen molar-refractivity contribution in [2.24, 2.45) is 0 Å². The summed E-state index contributed by atoms with van der Waals surface area (Å²) in [4.78, 5) is 21.1. The monoisotopic (exact) mass is 362 g/mol. The molecule has 0 aliphatic heterocycles. The number of hydrogen-bond acceptors (Lipinski definition) is 5. The summed E-state index contributed by atoms with van der Waals surface area (Å²) in [5.74, 6) is 0.607. The van der Waals surface area contributed by atoms with Gasteiger partial charge in [0.1, 0.15) is 11.5 Å². The summed E-state index contributed by atoms with van der Waals surface area (Å²) >= 11 is 1.66. The molecule has 4 aromatic rings. The first kappa shape index (κ1) is 16.5. The van der Waals surface area contributed by atoms with Gasteiger partial charge in [0.15, 0.2) is 0 Å². The number of nitrogens with one attached hydrogen (secondary N) is 1. The van der Waals surface area contributed by atoms with Gasteiger partial charge in [0.25, 0.3) is 5.56 Å². The van der Waals surface area contributed by atoms with E-state index in [1.807, 2.05) is 25.1 Å². The van der Waals surface area contributed by atoms with E-state index in [0.29, 0.717) is 18.0 Å². The van der Waals surface area contributed by atoms with Gasteiger partial charge in [-0.3, -0.25) is 9.20 Å². The molecule has 6 heteroatoms. The maximum Gasteiger partial charge on any atom is 0.259 e. The molecular weight excluding hydrogens is 344 g/mol. The van der Waals surface area contributed by atoms with Gasteiger partial charge in [0.05, 0.1) is 10.7 Å². The Kier molecular flexibility index (Phi) is 4.50. The highest BCUT2D eigenvalue weighted by molar-refractivity contribution is 7.09. The summed E-state index contributed by atoms with van der Waals surface area (Å²) in [6.45, 7) is 2.73. The zero-order chi connectivity index (χ0) is 17.9. The first-order valence-corrected chi connectivity index (χ1v) is 9.31. The molecule has 1 aromatic carbocycles. The summed E-state index contributed by atoms with van der Waals surface area (Å²) in [5.41, 5.74) is 3.95. The molecule has 4 rings (SSSR count). The van der Waals surface area contributed by atoms with E-state index in [9.17, 15) is 4.79 Å². The summed E-state index contributed by atoms with van der Waals surface area (Å²) in [6, 6.07) is 15.5. The Morgan fingerprint density at radius 3 is 2.73 bits per heavy atom. The van der Waals surface area contributed by atoms with Crippen LogP contribution in [0, 0.1) is 6.92 Å². The molecule has 0 radical (unpaired) electrons. The first-order chi connectivity index (χ1) is 12.7. The van der Waals surface area contributed by atoms with Gasteiger partial charge in [0, 0.05) is 29.8 Å². The van der Waals surface area contributed by atoms with Gasteiger partial charge < -0.3 is 5.32 Å². The first-order valence-electron chi connectivity index (χ1n) is 8.43. The Bertz CT molecular complexity index is 1100. The molecule has 0 aliphatic rings. The number of hydrogen-bond donors (Lipinski definition) is 1.